The maximum atomic E-state index is 6.81. The second-order valence-electron chi connectivity index (χ2n) is 18.0. The molecule has 50 heavy (non-hydrogen) atoms. The van der Waals surface area contributed by atoms with Crippen LogP contribution in [0.1, 0.15) is 94.9 Å². The highest BCUT2D eigenvalue weighted by Crippen LogP contribution is 2.69. The number of rotatable bonds is 3. The molecule has 1 spiro atoms. The largest absolute Gasteiger partial charge is 0.454 e. The Kier molecular flexibility index (Phi) is 5.85. The van der Waals surface area contributed by atoms with Crippen LogP contribution in [0.15, 0.2) is 108 Å². The zero-order valence-corrected chi connectivity index (χ0v) is 29.9. The van der Waals surface area contributed by atoms with E-state index in [1.165, 1.54) is 82.9 Å². The van der Waals surface area contributed by atoms with E-state index in [0.717, 1.165) is 46.9 Å². The predicted molar refractivity (Wildman–Crippen MR) is 207 cm³/mol. The fourth-order valence-electron chi connectivity index (χ4n) is 12.5. The summed E-state index contributed by atoms with van der Waals surface area (Å²) in [7, 11) is 0. The zero-order chi connectivity index (χ0) is 33.6. The molecule has 0 radical (unpaired) electrons. The molecule has 0 amide bonds. The summed E-state index contributed by atoms with van der Waals surface area (Å²) in [6.45, 7) is 9.79. The van der Waals surface area contributed by atoms with Crippen LogP contribution in [-0.2, 0) is 16.2 Å². The molecule has 0 saturated heterocycles. The number of fused-ring (bicyclic) bond motifs is 7. The molecule has 12 rings (SSSR count). The Labute approximate surface area is 296 Å². The average Bonchev–Trinajstić information content (AvgIpc) is 3.64. The van der Waals surface area contributed by atoms with Gasteiger partial charge in [0.15, 0.2) is 5.58 Å². The van der Waals surface area contributed by atoms with Gasteiger partial charge in [-0.25, -0.2) is 0 Å². The van der Waals surface area contributed by atoms with Crippen LogP contribution in [0.2, 0.25) is 0 Å². The van der Waals surface area contributed by atoms with Crippen LogP contribution in [0.5, 0.6) is 0 Å². The van der Waals surface area contributed by atoms with Crippen LogP contribution in [0, 0.1) is 23.7 Å². The SMILES string of the molecule is CC1(C)CCC(C)(C)c2c(N(c3ccc4c(c3)-c3ccccc3C43C4CC5CC(C4)CC3C5)c3cccc4c3oc3ccccc34)cccc21. The van der Waals surface area contributed by atoms with E-state index in [9.17, 15) is 0 Å². The van der Waals surface area contributed by atoms with E-state index in [-0.39, 0.29) is 16.2 Å². The maximum absolute atomic E-state index is 6.81. The summed E-state index contributed by atoms with van der Waals surface area (Å²) in [6.07, 6.45) is 9.46. The van der Waals surface area contributed by atoms with Crippen LogP contribution >= 0.6 is 0 Å². The lowest BCUT2D eigenvalue weighted by Gasteiger charge is -2.61. The summed E-state index contributed by atoms with van der Waals surface area (Å²) < 4.78 is 6.81. The van der Waals surface area contributed by atoms with Crippen molar-refractivity contribution in [3.05, 3.63) is 125 Å². The lowest BCUT2D eigenvalue weighted by Crippen LogP contribution is -2.55. The highest BCUT2D eigenvalue weighted by molar-refractivity contribution is 6.10. The quantitative estimate of drug-likeness (QED) is 0.189. The van der Waals surface area contributed by atoms with E-state index >= 15 is 0 Å². The lowest BCUT2D eigenvalue weighted by atomic mass is 9.43. The minimum Gasteiger partial charge on any atom is -0.454 e. The predicted octanol–water partition coefficient (Wildman–Crippen LogP) is 13.1. The Morgan fingerprint density at radius 1 is 0.560 bits per heavy atom. The van der Waals surface area contributed by atoms with Gasteiger partial charge in [0.25, 0.3) is 0 Å². The lowest BCUT2D eigenvalue weighted by molar-refractivity contribution is -0.0399. The normalized spacial score (nSPS) is 27.8. The van der Waals surface area contributed by atoms with Gasteiger partial charge < -0.3 is 9.32 Å². The number of furan rings is 1. The standard InChI is InChI=1S/C48H47NO/c1-46(2)21-22-47(3,4)44-40(46)15-10-16-41(44)49(42-17-9-13-36-35-12-6-8-18-43(35)50-45(36)42)33-19-20-39-37(28-33)34-11-5-7-14-38(34)48(39)31-24-29-23-30(26-31)27-32(48)25-29/h5-20,28-32H,21-27H2,1-4H3. The van der Waals surface area contributed by atoms with Crippen molar-refractivity contribution >= 4 is 39.0 Å². The molecule has 1 heterocycles. The monoisotopic (exact) mass is 653 g/mol. The van der Waals surface area contributed by atoms with E-state index < -0.39 is 0 Å². The topological polar surface area (TPSA) is 16.4 Å². The van der Waals surface area contributed by atoms with E-state index in [2.05, 4.69) is 136 Å². The molecule has 2 heteroatoms. The van der Waals surface area contributed by atoms with Gasteiger partial charge in [0, 0.05) is 21.9 Å². The molecule has 0 atom stereocenters. The van der Waals surface area contributed by atoms with Gasteiger partial charge in [0.2, 0.25) is 0 Å². The summed E-state index contributed by atoms with van der Waals surface area (Å²) >= 11 is 0. The molecule has 0 N–H and O–H groups in total. The molecular weight excluding hydrogens is 607 g/mol. The number of benzene rings is 5. The van der Waals surface area contributed by atoms with Gasteiger partial charge in [0.1, 0.15) is 5.58 Å². The van der Waals surface area contributed by atoms with Gasteiger partial charge in [-0.3, -0.25) is 0 Å². The molecule has 0 unspecified atom stereocenters. The smallest absolute Gasteiger partial charge is 0.159 e. The van der Waals surface area contributed by atoms with Gasteiger partial charge in [-0.05, 0) is 143 Å². The van der Waals surface area contributed by atoms with Crippen molar-refractivity contribution < 1.29 is 4.42 Å². The van der Waals surface area contributed by atoms with Gasteiger partial charge >= 0.3 is 0 Å². The third-order valence-corrected chi connectivity index (χ3v) is 14.5. The van der Waals surface area contributed by atoms with Crippen molar-refractivity contribution in [3.8, 4) is 11.1 Å². The van der Waals surface area contributed by atoms with E-state index in [4.69, 9.17) is 4.42 Å². The van der Waals surface area contributed by atoms with Crippen molar-refractivity contribution in [3.63, 3.8) is 0 Å². The first-order valence-electron chi connectivity index (χ1n) is 19.3. The first-order chi connectivity index (χ1) is 24.2. The number of hydrogen-bond acceptors (Lipinski definition) is 2. The van der Waals surface area contributed by atoms with Crippen molar-refractivity contribution in [2.24, 2.45) is 23.7 Å². The van der Waals surface area contributed by atoms with Crippen molar-refractivity contribution in [1.82, 2.24) is 0 Å². The molecule has 4 bridgehead atoms. The average molecular weight is 654 g/mol. The Morgan fingerprint density at radius 2 is 1.20 bits per heavy atom. The van der Waals surface area contributed by atoms with Crippen LogP contribution < -0.4 is 4.90 Å². The molecule has 2 nitrogen and oxygen atoms in total. The van der Waals surface area contributed by atoms with Crippen LogP contribution in [0.4, 0.5) is 17.1 Å². The van der Waals surface area contributed by atoms with Crippen LogP contribution in [0.3, 0.4) is 0 Å². The molecule has 6 aliphatic rings. The Bertz CT molecular complexity index is 2340. The highest BCUT2D eigenvalue weighted by Gasteiger charge is 2.61. The Balaban J connectivity index is 1.19. The Hall–Kier alpha value is -4.30. The third-order valence-electron chi connectivity index (χ3n) is 14.5. The molecule has 1 aromatic heterocycles. The van der Waals surface area contributed by atoms with Gasteiger partial charge in [0.05, 0.1) is 11.4 Å². The molecule has 6 aliphatic carbocycles. The van der Waals surface area contributed by atoms with E-state index in [1.54, 1.807) is 11.1 Å². The summed E-state index contributed by atoms with van der Waals surface area (Å²) in [4.78, 5) is 2.57. The minimum atomic E-state index is 0.0369. The summed E-state index contributed by atoms with van der Waals surface area (Å²) in [5.41, 5.74) is 14.9. The zero-order valence-electron chi connectivity index (χ0n) is 29.9. The molecule has 5 aromatic carbocycles. The molecule has 0 aliphatic heterocycles. The van der Waals surface area contributed by atoms with Gasteiger partial charge in [-0.2, -0.15) is 0 Å². The number of anilines is 3. The minimum absolute atomic E-state index is 0.0369. The molecule has 4 saturated carbocycles. The van der Waals surface area contributed by atoms with Gasteiger partial charge in [-0.15, -0.1) is 0 Å². The highest BCUT2D eigenvalue weighted by atomic mass is 16.3. The molecule has 4 fully saturated rings. The van der Waals surface area contributed by atoms with Crippen molar-refractivity contribution in [1.29, 1.82) is 0 Å². The molecule has 250 valence electrons. The first-order valence-corrected chi connectivity index (χ1v) is 19.3. The van der Waals surface area contributed by atoms with Gasteiger partial charge in [-0.1, -0.05) is 100 Å². The number of para-hydroxylation sites is 2. The molecule has 6 aromatic rings. The number of hydrogen-bond donors (Lipinski definition) is 0. The first kappa shape index (κ1) is 29.4. The second kappa shape index (κ2) is 9.93. The third kappa shape index (κ3) is 3.75. The van der Waals surface area contributed by atoms with E-state index in [0.29, 0.717) is 0 Å². The maximum Gasteiger partial charge on any atom is 0.159 e. The summed E-state index contributed by atoms with van der Waals surface area (Å²) in [5.74, 6) is 3.40. The van der Waals surface area contributed by atoms with Crippen LogP contribution in [-0.4, -0.2) is 0 Å². The molecular formula is C48H47NO. The fraction of sp³-hybridized carbons (Fsp3) is 0.375. The van der Waals surface area contributed by atoms with Crippen molar-refractivity contribution in [2.45, 2.75) is 88.9 Å². The summed E-state index contributed by atoms with van der Waals surface area (Å²) in [5, 5.41) is 2.35. The number of nitrogens with zero attached hydrogens (tertiary/aromatic N) is 1. The second-order valence-corrected chi connectivity index (χ2v) is 18.0. The Morgan fingerprint density at radius 3 is 2.02 bits per heavy atom. The fourth-order valence-corrected chi connectivity index (χ4v) is 12.5. The van der Waals surface area contributed by atoms with Crippen molar-refractivity contribution in [2.75, 3.05) is 4.90 Å². The van der Waals surface area contributed by atoms with Crippen LogP contribution in [0.25, 0.3) is 33.1 Å². The van der Waals surface area contributed by atoms with E-state index in [1.807, 2.05) is 0 Å². The summed E-state index contributed by atoms with van der Waals surface area (Å²) in [6, 6.07) is 39.4.